The van der Waals surface area contributed by atoms with Crippen molar-refractivity contribution in [2.45, 2.75) is 0 Å². The molecule has 5 heteroatoms. The molecule has 9 aromatic rings. The first-order valence-electron chi connectivity index (χ1n) is 13.6. The summed E-state index contributed by atoms with van der Waals surface area (Å²) in [6.07, 6.45) is 3.66. The molecular formula is C36H21N3O2. The summed E-state index contributed by atoms with van der Waals surface area (Å²) in [4.78, 5) is 12.0. The molecule has 0 unspecified atom stereocenters. The summed E-state index contributed by atoms with van der Waals surface area (Å²) >= 11 is 0. The summed E-state index contributed by atoms with van der Waals surface area (Å²) in [6.45, 7) is 0. The minimum absolute atomic E-state index is 0.706. The van der Waals surface area contributed by atoms with Crippen LogP contribution in [-0.2, 0) is 0 Å². The van der Waals surface area contributed by atoms with E-state index in [0.29, 0.717) is 5.58 Å². The molecule has 41 heavy (non-hydrogen) atoms. The standard InChI is InChI=1S/C36H21N3O2/c1-2-10-23-22(9-1)21-29(25-12-4-3-11-24(23)25)39(28-17-19-37-34-27-14-6-8-16-31(27)41-35(28)34)36-33-26-13-5-7-15-30(26)40-32(33)18-20-38-36/h1-21H. The second-order valence-corrected chi connectivity index (χ2v) is 10.2. The van der Waals surface area contributed by atoms with Crippen molar-refractivity contribution in [2.24, 2.45) is 0 Å². The number of fused-ring (bicyclic) bond motifs is 9. The molecule has 0 saturated carbocycles. The number of pyridine rings is 2. The second-order valence-electron chi connectivity index (χ2n) is 10.2. The van der Waals surface area contributed by atoms with Crippen molar-refractivity contribution < 1.29 is 8.83 Å². The van der Waals surface area contributed by atoms with Crippen molar-refractivity contribution in [3.63, 3.8) is 0 Å². The van der Waals surface area contributed by atoms with Crippen LogP contribution < -0.4 is 4.90 Å². The van der Waals surface area contributed by atoms with E-state index >= 15 is 0 Å². The number of hydrogen-bond acceptors (Lipinski definition) is 5. The Kier molecular flexibility index (Phi) is 4.55. The van der Waals surface area contributed by atoms with Crippen LogP contribution in [0.3, 0.4) is 0 Å². The molecule has 9 rings (SSSR count). The molecule has 0 spiro atoms. The highest BCUT2D eigenvalue weighted by atomic mass is 16.3. The zero-order valence-corrected chi connectivity index (χ0v) is 21.8. The number of rotatable bonds is 3. The molecule has 0 radical (unpaired) electrons. The molecule has 0 atom stereocenters. The predicted octanol–water partition coefficient (Wildman–Crippen LogP) is 10.1. The van der Waals surface area contributed by atoms with Gasteiger partial charge in [-0.25, -0.2) is 4.98 Å². The Balaban J connectivity index is 1.47. The average molecular weight is 528 g/mol. The van der Waals surface area contributed by atoms with Crippen molar-refractivity contribution in [3.8, 4) is 0 Å². The Morgan fingerprint density at radius 1 is 0.488 bits per heavy atom. The second kappa shape index (κ2) is 8.41. The van der Waals surface area contributed by atoms with Crippen LogP contribution in [0.15, 0.2) is 136 Å². The Morgan fingerprint density at radius 3 is 2.00 bits per heavy atom. The summed E-state index contributed by atoms with van der Waals surface area (Å²) in [5, 5.41) is 7.56. The molecule has 0 saturated heterocycles. The van der Waals surface area contributed by atoms with Crippen molar-refractivity contribution in [1.29, 1.82) is 0 Å². The van der Waals surface area contributed by atoms with Crippen LogP contribution in [0.4, 0.5) is 17.2 Å². The molecule has 4 heterocycles. The molecule has 5 nitrogen and oxygen atoms in total. The lowest BCUT2D eigenvalue weighted by Crippen LogP contribution is -2.13. The van der Waals surface area contributed by atoms with Crippen molar-refractivity contribution >= 4 is 82.7 Å². The monoisotopic (exact) mass is 527 g/mol. The van der Waals surface area contributed by atoms with Gasteiger partial charge in [-0.1, -0.05) is 78.9 Å². The summed E-state index contributed by atoms with van der Waals surface area (Å²) in [5.74, 6) is 0.765. The van der Waals surface area contributed by atoms with E-state index in [4.69, 9.17) is 18.8 Å². The molecule has 0 aliphatic rings. The van der Waals surface area contributed by atoms with Crippen molar-refractivity contribution in [3.05, 3.63) is 128 Å². The van der Waals surface area contributed by atoms with Gasteiger partial charge in [-0.2, -0.15) is 0 Å². The topological polar surface area (TPSA) is 55.3 Å². The third-order valence-electron chi connectivity index (χ3n) is 7.95. The van der Waals surface area contributed by atoms with E-state index in [0.717, 1.165) is 66.4 Å². The Morgan fingerprint density at radius 2 is 1.15 bits per heavy atom. The van der Waals surface area contributed by atoms with Crippen LogP contribution >= 0.6 is 0 Å². The maximum Gasteiger partial charge on any atom is 0.177 e. The number of hydrogen-bond donors (Lipinski definition) is 0. The van der Waals surface area contributed by atoms with E-state index in [1.54, 1.807) is 0 Å². The summed E-state index contributed by atoms with van der Waals surface area (Å²) in [5.41, 5.74) is 5.78. The van der Waals surface area contributed by atoms with E-state index in [1.807, 2.05) is 60.9 Å². The first-order valence-corrected chi connectivity index (χ1v) is 13.6. The SMILES string of the molecule is c1ccc2c(c1)cc(N(c1ccnc3c1oc1ccccc13)c1nccc3oc4ccccc4c13)c1ccccc12. The molecule has 0 aliphatic carbocycles. The van der Waals surface area contributed by atoms with Crippen molar-refractivity contribution in [2.75, 3.05) is 4.90 Å². The van der Waals surface area contributed by atoms with Gasteiger partial charge >= 0.3 is 0 Å². The van der Waals surface area contributed by atoms with Gasteiger partial charge < -0.3 is 8.83 Å². The van der Waals surface area contributed by atoms with Crippen LogP contribution in [0.2, 0.25) is 0 Å². The highest BCUT2D eigenvalue weighted by molar-refractivity contribution is 6.19. The first-order chi connectivity index (χ1) is 20.3. The third kappa shape index (κ3) is 3.17. The number of furan rings is 2. The van der Waals surface area contributed by atoms with Gasteiger partial charge in [0.25, 0.3) is 0 Å². The van der Waals surface area contributed by atoms with Crippen molar-refractivity contribution in [1.82, 2.24) is 9.97 Å². The molecule has 0 aliphatic heterocycles. The zero-order valence-electron chi connectivity index (χ0n) is 21.8. The minimum atomic E-state index is 0.706. The molecule has 0 fully saturated rings. The van der Waals surface area contributed by atoms with E-state index in [-0.39, 0.29) is 0 Å². The number of para-hydroxylation sites is 2. The highest BCUT2D eigenvalue weighted by Gasteiger charge is 2.26. The van der Waals surface area contributed by atoms with Crippen LogP contribution in [0.5, 0.6) is 0 Å². The van der Waals surface area contributed by atoms with Gasteiger partial charge in [0.15, 0.2) is 5.58 Å². The summed E-state index contributed by atoms with van der Waals surface area (Å²) in [6, 6.07) is 39.4. The third-order valence-corrected chi connectivity index (χ3v) is 7.95. The smallest absolute Gasteiger partial charge is 0.177 e. The van der Waals surface area contributed by atoms with Gasteiger partial charge in [0.05, 0.1) is 16.8 Å². The van der Waals surface area contributed by atoms with E-state index in [1.165, 1.54) is 10.8 Å². The van der Waals surface area contributed by atoms with E-state index < -0.39 is 0 Å². The fourth-order valence-corrected chi connectivity index (χ4v) is 6.17. The van der Waals surface area contributed by atoms with Gasteiger partial charge in [-0.3, -0.25) is 9.88 Å². The summed E-state index contributed by atoms with van der Waals surface area (Å²) < 4.78 is 12.8. The van der Waals surface area contributed by atoms with E-state index in [9.17, 15) is 0 Å². The fourth-order valence-electron chi connectivity index (χ4n) is 6.17. The van der Waals surface area contributed by atoms with Crippen LogP contribution in [0.25, 0.3) is 65.6 Å². The van der Waals surface area contributed by atoms with Gasteiger partial charge in [-0.15, -0.1) is 0 Å². The predicted molar refractivity (Wildman–Crippen MR) is 166 cm³/mol. The normalized spacial score (nSPS) is 11.9. The largest absolute Gasteiger partial charge is 0.456 e. The fraction of sp³-hybridized carbons (Fsp3) is 0. The Bertz CT molecular complexity index is 2450. The van der Waals surface area contributed by atoms with Crippen LogP contribution in [-0.4, -0.2) is 9.97 Å². The van der Waals surface area contributed by atoms with Gasteiger partial charge in [0.1, 0.15) is 28.1 Å². The quantitative estimate of drug-likeness (QED) is 0.214. The van der Waals surface area contributed by atoms with Gasteiger partial charge in [-0.05, 0) is 52.6 Å². The molecular weight excluding hydrogens is 506 g/mol. The average Bonchev–Trinajstić information content (AvgIpc) is 3.61. The maximum absolute atomic E-state index is 6.53. The first kappa shape index (κ1) is 22.2. The number of benzene rings is 5. The van der Waals surface area contributed by atoms with Gasteiger partial charge in [0, 0.05) is 28.6 Å². The van der Waals surface area contributed by atoms with Crippen LogP contribution in [0.1, 0.15) is 0 Å². The van der Waals surface area contributed by atoms with E-state index in [2.05, 4.69) is 71.6 Å². The molecule has 192 valence electrons. The lowest BCUT2D eigenvalue weighted by Gasteiger charge is -2.27. The molecule has 0 amide bonds. The maximum atomic E-state index is 6.53. The van der Waals surface area contributed by atoms with Gasteiger partial charge in [0.2, 0.25) is 0 Å². The number of aromatic nitrogens is 2. The number of anilines is 3. The Hall–Kier alpha value is -5.68. The minimum Gasteiger partial charge on any atom is -0.456 e. The van der Waals surface area contributed by atoms with Crippen LogP contribution in [0, 0.1) is 0 Å². The summed E-state index contributed by atoms with van der Waals surface area (Å²) in [7, 11) is 0. The lowest BCUT2D eigenvalue weighted by atomic mass is 9.99. The highest BCUT2D eigenvalue weighted by Crippen LogP contribution is 2.47. The molecule has 0 N–H and O–H groups in total. The Labute approximate surface area is 233 Å². The number of nitrogens with zero attached hydrogens (tertiary/aromatic N) is 3. The molecule has 0 bridgehead atoms. The molecule has 5 aromatic carbocycles. The zero-order chi connectivity index (χ0) is 26.9. The lowest BCUT2D eigenvalue weighted by molar-refractivity contribution is 0.667. The molecule has 4 aromatic heterocycles.